The molecule has 1 heterocycles. The van der Waals surface area contributed by atoms with Crippen LogP contribution in [0.25, 0.3) is 11.3 Å². The fourth-order valence-electron chi connectivity index (χ4n) is 2.46. The van der Waals surface area contributed by atoms with Gasteiger partial charge in [-0.3, -0.25) is 0 Å². The summed E-state index contributed by atoms with van der Waals surface area (Å²) in [5.74, 6) is 0.782. The largest absolute Gasteiger partial charge is 0.496 e. The maximum atomic E-state index is 5.12. The Hall–Kier alpha value is -1.70. The third-order valence-corrected chi connectivity index (χ3v) is 3.43. The first-order chi connectivity index (χ1) is 8.36. The molecule has 0 atom stereocenters. The quantitative estimate of drug-likeness (QED) is 0.834. The Labute approximate surface area is 102 Å². The second-order valence-electron chi connectivity index (χ2n) is 4.54. The van der Waals surface area contributed by atoms with Crippen LogP contribution in [0.3, 0.4) is 0 Å². The molecule has 1 aliphatic carbocycles. The van der Waals surface area contributed by atoms with Crippen LogP contribution in [0, 0.1) is 6.07 Å². The van der Waals surface area contributed by atoms with E-state index >= 15 is 0 Å². The maximum Gasteiger partial charge on any atom is 0.126 e. The van der Waals surface area contributed by atoms with Crippen molar-refractivity contribution in [3.8, 4) is 17.0 Å². The van der Waals surface area contributed by atoms with Gasteiger partial charge in [0.05, 0.1) is 7.11 Å². The van der Waals surface area contributed by atoms with Gasteiger partial charge in [-0.15, -0.1) is 0 Å². The zero-order valence-electron chi connectivity index (χ0n) is 10.0. The number of nitrogens with one attached hydrogen (secondary N) is 1. The zero-order valence-corrected chi connectivity index (χ0v) is 10.0. The van der Waals surface area contributed by atoms with Gasteiger partial charge in [0.2, 0.25) is 0 Å². The third kappa shape index (κ3) is 1.95. The van der Waals surface area contributed by atoms with E-state index in [2.05, 4.69) is 23.2 Å². The second-order valence-corrected chi connectivity index (χ2v) is 4.54. The van der Waals surface area contributed by atoms with Crippen molar-refractivity contribution >= 4 is 0 Å². The standard InChI is InChI=1S/C15H16NO/c1-17-13-8-6-11(7-9-13)15-10-12-4-2-3-5-14(12)16-15/h6-8,10,16H,2-5H2,1H3. The fraction of sp³-hybridized carbons (Fsp3) is 0.333. The van der Waals surface area contributed by atoms with Gasteiger partial charge in [0.1, 0.15) is 5.75 Å². The van der Waals surface area contributed by atoms with Crippen molar-refractivity contribution in [1.82, 2.24) is 4.98 Å². The highest BCUT2D eigenvalue weighted by molar-refractivity contribution is 5.62. The van der Waals surface area contributed by atoms with E-state index < -0.39 is 0 Å². The van der Waals surface area contributed by atoms with Crippen LogP contribution < -0.4 is 4.74 Å². The molecule has 87 valence electrons. The molecule has 1 aromatic carbocycles. The van der Waals surface area contributed by atoms with E-state index in [1.54, 1.807) is 7.11 Å². The summed E-state index contributed by atoms with van der Waals surface area (Å²) in [5.41, 5.74) is 5.29. The highest BCUT2D eigenvalue weighted by Crippen LogP contribution is 2.28. The van der Waals surface area contributed by atoms with E-state index in [4.69, 9.17) is 4.74 Å². The van der Waals surface area contributed by atoms with Crippen LogP contribution >= 0.6 is 0 Å². The summed E-state index contributed by atoms with van der Waals surface area (Å²) in [4.78, 5) is 3.53. The molecule has 1 radical (unpaired) electrons. The van der Waals surface area contributed by atoms with E-state index in [0.717, 1.165) is 5.75 Å². The Morgan fingerprint density at radius 1 is 1.24 bits per heavy atom. The number of hydrogen-bond acceptors (Lipinski definition) is 1. The number of aromatic nitrogens is 1. The molecule has 2 nitrogen and oxygen atoms in total. The smallest absolute Gasteiger partial charge is 0.126 e. The van der Waals surface area contributed by atoms with E-state index in [1.807, 2.05) is 12.1 Å². The van der Waals surface area contributed by atoms with Crippen LogP contribution in [0.2, 0.25) is 0 Å². The number of H-pyrrole nitrogens is 1. The van der Waals surface area contributed by atoms with Crippen molar-refractivity contribution in [3.63, 3.8) is 0 Å². The molecule has 1 aromatic heterocycles. The topological polar surface area (TPSA) is 25.0 Å². The number of aryl methyl sites for hydroxylation is 2. The first-order valence-electron chi connectivity index (χ1n) is 6.13. The van der Waals surface area contributed by atoms with Gasteiger partial charge in [-0.1, -0.05) is 0 Å². The molecule has 17 heavy (non-hydrogen) atoms. The lowest BCUT2D eigenvalue weighted by Crippen LogP contribution is -1.99. The number of ether oxygens (including phenoxy) is 1. The summed E-state index contributed by atoms with van der Waals surface area (Å²) >= 11 is 0. The van der Waals surface area contributed by atoms with Gasteiger partial charge in [-0.25, -0.2) is 0 Å². The van der Waals surface area contributed by atoms with Crippen LogP contribution in [0.15, 0.2) is 24.3 Å². The van der Waals surface area contributed by atoms with Crippen LogP contribution in [0.4, 0.5) is 0 Å². The van der Waals surface area contributed by atoms with E-state index in [1.165, 1.54) is 48.2 Å². The highest BCUT2D eigenvalue weighted by Gasteiger charge is 2.13. The molecule has 0 spiro atoms. The number of rotatable bonds is 2. The third-order valence-electron chi connectivity index (χ3n) is 3.43. The summed E-state index contributed by atoms with van der Waals surface area (Å²) in [6.45, 7) is 0. The molecular formula is C15H16NO. The summed E-state index contributed by atoms with van der Waals surface area (Å²) in [6.07, 6.45) is 5.03. The minimum absolute atomic E-state index is 0.782. The lowest BCUT2D eigenvalue weighted by atomic mass is 9.98. The Balaban J connectivity index is 1.94. The van der Waals surface area contributed by atoms with E-state index in [-0.39, 0.29) is 0 Å². The summed E-state index contributed by atoms with van der Waals surface area (Å²) in [7, 11) is 1.67. The molecule has 0 saturated carbocycles. The predicted octanol–water partition coefficient (Wildman–Crippen LogP) is 3.37. The molecule has 2 aromatic rings. The molecule has 0 unspecified atom stereocenters. The van der Waals surface area contributed by atoms with Crippen molar-refractivity contribution in [2.45, 2.75) is 25.7 Å². The Kier molecular flexibility index (Phi) is 2.63. The normalized spacial score (nSPS) is 14.4. The molecule has 0 bridgehead atoms. The number of aromatic amines is 1. The van der Waals surface area contributed by atoms with Crippen molar-refractivity contribution in [1.29, 1.82) is 0 Å². The predicted molar refractivity (Wildman–Crippen MR) is 68.3 cm³/mol. The molecule has 3 rings (SSSR count). The lowest BCUT2D eigenvalue weighted by Gasteiger charge is -2.09. The number of methoxy groups -OCH3 is 1. The monoisotopic (exact) mass is 226 g/mol. The SMILES string of the molecule is COc1[c]cc(-c2cc3c([nH]2)CCCC3)cc1. The van der Waals surface area contributed by atoms with Crippen molar-refractivity contribution in [2.24, 2.45) is 0 Å². The molecule has 1 aliphatic rings. The number of benzene rings is 1. The molecule has 0 fully saturated rings. The number of fused-ring (bicyclic) bond motifs is 1. The van der Waals surface area contributed by atoms with Gasteiger partial charge < -0.3 is 9.72 Å². The Morgan fingerprint density at radius 3 is 2.82 bits per heavy atom. The van der Waals surface area contributed by atoms with Crippen LogP contribution in [0.5, 0.6) is 5.75 Å². The number of hydrogen-bond donors (Lipinski definition) is 1. The van der Waals surface area contributed by atoms with Crippen LogP contribution in [0.1, 0.15) is 24.1 Å². The Bertz CT molecular complexity index is 487. The van der Waals surface area contributed by atoms with Gasteiger partial charge in [-0.05, 0) is 61.1 Å². The molecule has 0 aliphatic heterocycles. The zero-order chi connectivity index (χ0) is 11.7. The minimum Gasteiger partial charge on any atom is -0.496 e. The average molecular weight is 226 g/mol. The maximum absolute atomic E-state index is 5.12. The lowest BCUT2D eigenvalue weighted by molar-refractivity contribution is 0.414. The average Bonchev–Trinajstić information content (AvgIpc) is 2.82. The minimum atomic E-state index is 0.782. The van der Waals surface area contributed by atoms with E-state index in [0.29, 0.717) is 0 Å². The fourth-order valence-corrected chi connectivity index (χ4v) is 2.46. The van der Waals surface area contributed by atoms with Crippen LogP contribution in [-0.4, -0.2) is 12.1 Å². The molecule has 0 amide bonds. The highest BCUT2D eigenvalue weighted by atomic mass is 16.5. The Morgan fingerprint density at radius 2 is 2.12 bits per heavy atom. The molecule has 0 saturated heterocycles. The summed E-state index contributed by atoms with van der Waals surface area (Å²) in [5, 5.41) is 0. The van der Waals surface area contributed by atoms with Gasteiger partial charge in [0.15, 0.2) is 0 Å². The van der Waals surface area contributed by atoms with Crippen molar-refractivity contribution < 1.29 is 4.74 Å². The molecule has 1 N–H and O–H groups in total. The van der Waals surface area contributed by atoms with Crippen LogP contribution in [-0.2, 0) is 12.8 Å². The van der Waals surface area contributed by atoms with Gasteiger partial charge in [0, 0.05) is 17.5 Å². The summed E-state index contributed by atoms with van der Waals surface area (Å²) < 4.78 is 5.12. The first kappa shape index (κ1) is 10.5. The molecule has 2 heteroatoms. The molecular weight excluding hydrogens is 210 g/mol. The second kappa shape index (κ2) is 4.28. The summed E-state index contributed by atoms with van der Waals surface area (Å²) in [6, 6.07) is 11.4. The van der Waals surface area contributed by atoms with Gasteiger partial charge in [-0.2, -0.15) is 0 Å². The van der Waals surface area contributed by atoms with Crippen molar-refractivity contribution in [3.05, 3.63) is 41.6 Å². The van der Waals surface area contributed by atoms with Crippen molar-refractivity contribution in [2.75, 3.05) is 7.11 Å². The first-order valence-corrected chi connectivity index (χ1v) is 6.13. The van der Waals surface area contributed by atoms with Gasteiger partial charge in [0.25, 0.3) is 0 Å². The van der Waals surface area contributed by atoms with Gasteiger partial charge >= 0.3 is 0 Å². The van der Waals surface area contributed by atoms with E-state index in [9.17, 15) is 0 Å².